The monoisotopic (exact) mass is 263 g/mol. The molecule has 0 aliphatic carbocycles. The van der Waals surface area contributed by atoms with E-state index in [1.807, 2.05) is 25.3 Å². The molecule has 0 saturated heterocycles. The van der Waals surface area contributed by atoms with Gasteiger partial charge in [0, 0.05) is 24.8 Å². The summed E-state index contributed by atoms with van der Waals surface area (Å²) >= 11 is 0. The van der Waals surface area contributed by atoms with Gasteiger partial charge in [0.05, 0.1) is 6.20 Å². The van der Waals surface area contributed by atoms with Gasteiger partial charge in [0.15, 0.2) is 5.76 Å². The van der Waals surface area contributed by atoms with Crippen LogP contribution in [0.15, 0.2) is 22.7 Å². The highest BCUT2D eigenvalue weighted by Gasteiger charge is 2.12. The Hall–Kier alpha value is -1.59. The number of rotatable bonds is 7. The predicted octanol–water partition coefficient (Wildman–Crippen LogP) is 2.23. The van der Waals surface area contributed by atoms with Crippen LogP contribution in [0.4, 0.5) is 0 Å². The molecule has 0 saturated carbocycles. The number of furan rings is 1. The second kappa shape index (κ2) is 6.54. The highest BCUT2D eigenvalue weighted by molar-refractivity contribution is 5.56. The number of aromatic amines is 1. The number of hydrogen-bond donors (Lipinski definition) is 3. The Morgan fingerprint density at radius 1 is 1.47 bits per heavy atom. The molecule has 0 radical (unpaired) electrons. The van der Waals surface area contributed by atoms with Gasteiger partial charge in [0.1, 0.15) is 11.5 Å². The fraction of sp³-hybridized carbons (Fsp3) is 0.500. The maximum absolute atomic E-state index is 8.99. The lowest BCUT2D eigenvalue weighted by molar-refractivity contribution is 0.262. The van der Waals surface area contributed by atoms with E-state index in [9.17, 15) is 0 Å². The minimum absolute atomic E-state index is 0.209. The van der Waals surface area contributed by atoms with Crippen LogP contribution in [-0.2, 0) is 6.54 Å². The van der Waals surface area contributed by atoms with Gasteiger partial charge in [-0.3, -0.25) is 5.10 Å². The van der Waals surface area contributed by atoms with Crippen molar-refractivity contribution in [1.29, 1.82) is 0 Å². The Balaban J connectivity index is 2.04. The molecule has 5 nitrogen and oxygen atoms in total. The van der Waals surface area contributed by atoms with E-state index in [0.717, 1.165) is 35.6 Å². The molecule has 0 spiro atoms. The molecule has 104 valence electrons. The molecule has 3 N–H and O–H groups in total. The van der Waals surface area contributed by atoms with Crippen molar-refractivity contribution in [3.63, 3.8) is 0 Å². The molecule has 0 aliphatic rings. The normalized spacial score (nSPS) is 12.8. The third-order valence-electron chi connectivity index (χ3n) is 3.26. The highest BCUT2D eigenvalue weighted by atomic mass is 16.3. The number of H-pyrrole nitrogens is 1. The van der Waals surface area contributed by atoms with E-state index in [1.54, 1.807) is 0 Å². The van der Waals surface area contributed by atoms with Crippen molar-refractivity contribution in [3.8, 4) is 11.5 Å². The number of nitrogens with one attached hydrogen (secondary N) is 2. The van der Waals surface area contributed by atoms with E-state index >= 15 is 0 Å². The summed E-state index contributed by atoms with van der Waals surface area (Å²) in [5.74, 6) is 1.69. The summed E-state index contributed by atoms with van der Waals surface area (Å²) in [6.45, 7) is 4.96. The third kappa shape index (κ3) is 3.45. The molecule has 5 heteroatoms. The summed E-state index contributed by atoms with van der Waals surface area (Å²) in [5, 5.41) is 19.5. The lowest BCUT2D eigenvalue weighted by Crippen LogP contribution is -2.28. The lowest BCUT2D eigenvalue weighted by Gasteiger charge is -2.15. The number of aryl methyl sites for hydroxylation is 1. The van der Waals surface area contributed by atoms with Crippen LogP contribution in [0.2, 0.25) is 0 Å². The SMILES string of the molecule is CCC(CCO)NCc1cn[nH]c1-c1ccc(C)o1. The summed E-state index contributed by atoms with van der Waals surface area (Å²) in [6, 6.07) is 4.21. The minimum Gasteiger partial charge on any atom is -0.460 e. The minimum atomic E-state index is 0.209. The van der Waals surface area contributed by atoms with Crippen molar-refractivity contribution in [2.45, 2.75) is 39.3 Å². The average Bonchev–Trinajstić information content (AvgIpc) is 3.02. The second-order valence-electron chi connectivity index (χ2n) is 4.68. The molecule has 0 aromatic carbocycles. The number of aliphatic hydroxyl groups excluding tert-OH is 1. The van der Waals surface area contributed by atoms with Crippen LogP contribution in [0.3, 0.4) is 0 Å². The standard InChI is InChI=1S/C14H21N3O2/c1-3-12(6-7-18)15-8-11-9-16-17-14(11)13-5-4-10(2)19-13/h4-5,9,12,15,18H,3,6-8H2,1-2H3,(H,16,17). The van der Waals surface area contributed by atoms with Crippen LogP contribution in [0.25, 0.3) is 11.5 Å². The second-order valence-corrected chi connectivity index (χ2v) is 4.68. The van der Waals surface area contributed by atoms with E-state index in [2.05, 4.69) is 22.4 Å². The van der Waals surface area contributed by atoms with Crippen molar-refractivity contribution in [3.05, 3.63) is 29.7 Å². The zero-order valence-corrected chi connectivity index (χ0v) is 11.4. The molecular weight excluding hydrogens is 242 g/mol. The summed E-state index contributed by atoms with van der Waals surface area (Å²) < 4.78 is 5.61. The molecule has 2 aromatic heterocycles. The maximum atomic E-state index is 8.99. The smallest absolute Gasteiger partial charge is 0.152 e. The van der Waals surface area contributed by atoms with Crippen molar-refractivity contribution < 1.29 is 9.52 Å². The van der Waals surface area contributed by atoms with E-state index in [1.165, 1.54) is 0 Å². The first-order valence-corrected chi connectivity index (χ1v) is 6.68. The molecule has 0 bridgehead atoms. The van der Waals surface area contributed by atoms with Gasteiger partial charge in [-0.15, -0.1) is 0 Å². The Kier molecular flexibility index (Phi) is 4.76. The van der Waals surface area contributed by atoms with Crippen LogP contribution >= 0.6 is 0 Å². The van der Waals surface area contributed by atoms with Gasteiger partial charge in [0.2, 0.25) is 0 Å². The van der Waals surface area contributed by atoms with Crippen LogP contribution in [0, 0.1) is 6.92 Å². The zero-order chi connectivity index (χ0) is 13.7. The summed E-state index contributed by atoms with van der Waals surface area (Å²) in [5.41, 5.74) is 1.99. The Labute approximate surface area is 113 Å². The van der Waals surface area contributed by atoms with Crippen molar-refractivity contribution in [2.75, 3.05) is 6.61 Å². The fourth-order valence-electron chi connectivity index (χ4n) is 2.09. The predicted molar refractivity (Wildman–Crippen MR) is 73.6 cm³/mol. The number of aromatic nitrogens is 2. The van der Waals surface area contributed by atoms with Crippen LogP contribution < -0.4 is 5.32 Å². The van der Waals surface area contributed by atoms with Crippen LogP contribution in [0.1, 0.15) is 31.1 Å². The molecule has 2 aromatic rings. The topological polar surface area (TPSA) is 74.1 Å². The van der Waals surface area contributed by atoms with Gasteiger partial charge >= 0.3 is 0 Å². The molecule has 0 aliphatic heterocycles. The van der Waals surface area contributed by atoms with Gasteiger partial charge in [-0.1, -0.05) is 6.92 Å². The van der Waals surface area contributed by atoms with E-state index in [0.29, 0.717) is 12.6 Å². The molecule has 2 rings (SSSR count). The first kappa shape index (κ1) is 13.8. The molecule has 1 unspecified atom stereocenters. The zero-order valence-electron chi connectivity index (χ0n) is 11.4. The van der Waals surface area contributed by atoms with Crippen molar-refractivity contribution >= 4 is 0 Å². The van der Waals surface area contributed by atoms with Crippen molar-refractivity contribution in [2.24, 2.45) is 0 Å². The summed E-state index contributed by atoms with van der Waals surface area (Å²) in [7, 11) is 0. The molecule has 2 heterocycles. The van der Waals surface area contributed by atoms with Gasteiger partial charge in [0.25, 0.3) is 0 Å². The maximum Gasteiger partial charge on any atom is 0.152 e. The first-order valence-electron chi connectivity index (χ1n) is 6.68. The summed E-state index contributed by atoms with van der Waals surface area (Å²) in [4.78, 5) is 0. The van der Waals surface area contributed by atoms with E-state index in [4.69, 9.17) is 9.52 Å². The Morgan fingerprint density at radius 3 is 2.95 bits per heavy atom. The number of aliphatic hydroxyl groups is 1. The molecule has 1 atom stereocenters. The largest absolute Gasteiger partial charge is 0.460 e. The summed E-state index contributed by atoms with van der Waals surface area (Å²) in [6.07, 6.45) is 3.57. The molecule has 0 amide bonds. The van der Waals surface area contributed by atoms with Crippen LogP contribution in [0.5, 0.6) is 0 Å². The van der Waals surface area contributed by atoms with Crippen molar-refractivity contribution in [1.82, 2.24) is 15.5 Å². The molecular formula is C14H21N3O2. The van der Waals surface area contributed by atoms with Gasteiger partial charge in [-0.05, 0) is 31.9 Å². The average molecular weight is 263 g/mol. The lowest BCUT2D eigenvalue weighted by atomic mass is 10.1. The Morgan fingerprint density at radius 2 is 2.32 bits per heavy atom. The van der Waals surface area contributed by atoms with Gasteiger partial charge < -0.3 is 14.8 Å². The number of hydrogen-bond acceptors (Lipinski definition) is 4. The Bertz CT molecular complexity index is 504. The van der Waals surface area contributed by atoms with Gasteiger partial charge in [-0.25, -0.2) is 0 Å². The quantitative estimate of drug-likeness (QED) is 0.716. The molecule has 0 fully saturated rings. The van der Waals surface area contributed by atoms with Crippen LogP contribution in [-0.4, -0.2) is 28.0 Å². The van der Waals surface area contributed by atoms with Gasteiger partial charge in [-0.2, -0.15) is 5.10 Å². The third-order valence-corrected chi connectivity index (χ3v) is 3.26. The molecule has 19 heavy (non-hydrogen) atoms. The first-order chi connectivity index (χ1) is 9.24. The van der Waals surface area contributed by atoms with E-state index < -0.39 is 0 Å². The van der Waals surface area contributed by atoms with E-state index in [-0.39, 0.29) is 6.61 Å². The fourth-order valence-corrected chi connectivity index (χ4v) is 2.09. The number of nitrogens with zero attached hydrogens (tertiary/aromatic N) is 1. The highest BCUT2D eigenvalue weighted by Crippen LogP contribution is 2.23.